The molecule has 0 saturated carbocycles. The molecule has 274 valence electrons. The molecule has 2 heterocycles. The molecule has 2 amide bonds. The Labute approximate surface area is 274 Å². The molecule has 10 unspecified atom stereocenters. The maximum Gasteiger partial charge on any atom is 0.220 e. The first-order valence-electron chi connectivity index (χ1n) is 16.3. The second-order valence-corrected chi connectivity index (χ2v) is 12.0. The van der Waals surface area contributed by atoms with Gasteiger partial charge in [0, 0.05) is 32.6 Å². The van der Waals surface area contributed by atoms with Crippen molar-refractivity contribution in [3.05, 3.63) is 0 Å². The molecule has 17 heteroatoms. The Hall–Kier alpha value is -1.87. The molecule has 0 bridgehead atoms. The van der Waals surface area contributed by atoms with Gasteiger partial charge in [0.15, 0.2) is 18.4 Å². The number of aliphatic hydroxyl groups excluding tert-OH is 8. The lowest BCUT2D eigenvalue weighted by molar-refractivity contribution is -0.301. The molecule has 10 N–H and O–H groups in total. The standard InChI is InChI=1S/C30H54N2O15/c1-17(35)18(32-22(37)11-5-8-14-45-30-28(43)26(41)24(39)20(16-34)47-30)9-4-6-12-31-21(36)10-3-2-7-13-44-29-27(42)25(40)23(38)19(15-33)46-29/h18-20,23-30,33-34,38-43H,2-16H2,1H3,(H,31,36)(H,32,37)/t18?,19?,20?,23-,24?,25?,26?,27?,28?,29?,30?/m0/s1. The molecule has 2 aliphatic rings. The van der Waals surface area contributed by atoms with Gasteiger partial charge in [-0.2, -0.15) is 0 Å². The molecule has 2 aliphatic heterocycles. The number of carbonyl (C=O) groups excluding carboxylic acids is 3. The summed E-state index contributed by atoms with van der Waals surface area (Å²) < 4.78 is 21.4. The molecule has 47 heavy (non-hydrogen) atoms. The van der Waals surface area contributed by atoms with Crippen molar-refractivity contribution in [1.82, 2.24) is 10.6 Å². The van der Waals surface area contributed by atoms with Gasteiger partial charge < -0.3 is 70.4 Å². The van der Waals surface area contributed by atoms with E-state index in [4.69, 9.17) is 18.9 Å². The first-order valence-corrected chi connectivity index (χ1v) is 16.3. The number of nitrogens with one attached hydrogen (secondary N) is 2. The van der Waals surface area contributed by atoms with Crippen LogP contribution in [0, 0.1) is 0 Å². The quantitative estimate of drug-likeness (QED) is 0.0501. The minimum Gasteiger partial charge on any atom is -0.394 e. The third-order valence-electron chi connectivity index (χ3n) is 8.18. The normalized spacial score (nSPS) is 31.7. The Morgan fingerprint density at radius 3 is 1.64 bits per heavy atom. The number of aliphatic hydroxyl groups is 8. The van der Waals surface area contributed by atoms with Gasteiger partial charge in [0.25, 0.3) is 0 Å². The SMILES string of the molecule is CC(=O)C(CCCCNC(=O)CCCCCOC1OC(CO)[C@H](O)C(O)C1O)NC(=O)CCCCOC1OC(CO)C(O)C(O)C1O. The van der Waals surface area contributed by atoms with Gasteiger partial charge >= 0.3 is 0 Å². The second-order valence-electron chi connectivity index (χ2n) is 12.0. The fraction of sp³-hybridized carbons (Fsp3) is 0.900. The van der Waals surface area contributed by atoms with E-state index in [0.717, 1.165) is 0 Å². The summed E-state index contributed by atoms with van der Waals surface area (Å²) in [6.45, 7) is 1.02. The smallest absolute Gasteiger partial charge is 0.220 e. The lowest BCUT2D eigenvalue weighted by Gasteiger charge is -2.39. The predicted molar refractivity (Wildman–Crippen MR) is 161 cm³/mol. The maximum absolute atomic E-state index is 12.4. The van der Waals surface area contributed by atoms with Crippen molar-refractivity contribution in [2.75, 3.05) is 33.0 Å². The van der Waals surface area contributed by atoms with Crippen LogP contribution in [0.1, 0.15) is 71.1 Å². The number of ketones is 1. The maximum atomic E-state index is 12.4. The van der Waals surface area contributed by atoms with E-state index in [2.05, 4.69) is 10.6 Å². The number of carbonyl (C=O) groups is 3. The summed E-state index contributed by atoms with van der Waals surface area (Å²) >= 11 is 0. The van der Waals surface area contributed by atoms with Gasteiger partial charge in [-0.15, -0.1) is 0 Å². The fourth-order valence-electron chi connectivity index (χ4n) is 5.19. The second kappa shape index (κ2) is 22.0. The minimum absolute atomic E-state index is 0.0950. The zero-order valence-corrected chi connectivity index (χ0v) is 26.9. The van der Waals surface area contributed by atoms with E-state index in [1.807, 2.05) is 0 Å². The molecule has 11 atom stereocenters. The monoisotopic (exact) mass is 682 g/mol. The Morgan fingerprint density at radius 2 is 1.13 bits per heavy atom. The van der Waals surface area contributed by atoms with Crippen LogP contribution in [0.25, 0.3) is 0 Å². The highest BCUT2D eigenvalue weighted by Crippen LogP contribution is 2.23. The largest absolute Gasteiger partial charge is 0.394 e. The predicted octanol–water partition coefficient (Wildman–Crippen LogP) is -3.29. The van der Waals surface area contributed by atoms with E-state index in [1.165, 1.54) is 6.92 Å². The number of hydrogen-bond acceptors (Lipinski definition) is 15. The first-order chi connectivity index (χ1) is 22.4. The Bertz CT molecular complexity index is 926. The summed E-state index contributed by atoms with van der Waals surface area (Å²) in [5.41, 5.74) is 0. The summed E-state index contributed by atoms with van der Waals surface area (Å²) in [5.74, 6) is -0.597. The Morgan fingerprint density at radius 1 is 0.638 bits per heavy atom. The molecular formula is C30H54N2O15. The van der Waals surface area contributed by atoms with Gasteiger partial charge in [-0.05, 0) is 51.9 Å². The van der Waals surface area contributed by atoms with Crippen molar-refractivity contribution in [2.24, 2.45) is 0 Å². The Kier molecular flexibility index (Phi) is 19.3. The zero-order chi connectivity index (χ0) is 34.9. The van der Waals surface area contributed by atoms with Gasteiger partial charge in [0.1, 0.15) is 48.8 Å². The van der Waals surface area contributed by atoms with Crippen LogP contribution in [0.4, 0.5) is 0 Å². The summed E-state index contributed by atoms with van der Waals surface area (Å²) in [6, 6.07) is -0.645. The third-order valence-corrected chi connectivity index (χ3v) is 8.18. The van der Waals surface area contributed by atoms with Crippen LogP contribution in [-0.4, -0.2) is 159 Å². The molecule has 2 rings (SSSR count). The molecule has 0 radical (unpaired) electrons. The number of Topliss-reactive ketones (excluding diaryl/α,β-unsaturated/α-hetero) is 1. The van der Waals surface area contributed by atoms with Gasteiger partial charge in [0.05, 0.1) is 19.3 Å². The number of rotatable bonds is 22. The highest BCUT2D eigenvalue weighted by Gasteiger charge is 2.45. The molecule has 2 fully saturated rings. The Balaban J connectivity index is 1.50. The topological polar surface area (TPSA) is 274 Å². The van der Waals surface area contributed by atoms with Crippen LogP contribution < -0.4 is 10.6 Å². The fourth-order valence-corrected chi connectivity index (χ4v) is 5.19. The molecule has 0 spiro atoms. The van der Waals surface area contributed by atoms with Crippen molar-refractivity contribution >= 4 is 17.6 Å². The highest BCUT2D eigenvalue weighted by atomic mass is 16.7. The average molecular weight is 683 g/mol. The lowest BCUT2D eigenvalue weighted by Crippen LogP contribution is -2.59. The van der Waals surface area contributed by atoms with Gasteiger partial charge in [-0.3, -0.25) is 14.4 Å². The molecule has 0 aromatic rings. The van der Waals surface area contributed by atoms with Crippen LogP contribution in [0.3, 0.4) is 0 Å². The molecular weight excluding hydrogens is 628 g/mol. The van der Waals surface area contributed by atoms with Crippen molar-refractivity contribution in [1.29, 1.82) is 0 Å². The van der Waals surface area contributed by atoms with E-state index in [0.29, 0.717) is 64.3 Å². The van der Waals surface area contributed by atoms with Gasteiger partial charge in [-0.25, -0.2) is 0 Å². The summed E-state index contributed by atoms with van der Waals surface area (Å²) in [5, 5.41) is 83.1. The van der Waals surface area contributed by atoms with Crippen molar-refractivity contribution in [2.45, 2.75) is 139 Å². The van der Waals surface area contributed by atoms with Crippen LogP contribution in [0.2, 0.25) is 0 Å². The molecule has 2 saturated heterocycles. The van der Waals surface area contributed by atoms with E-state index in [1.54, 1.807) is 0 Å². The number of amides is 2. The van der Waals surface area contributed by atoms with E-state index >= 15 is 0 Å². The summed E-state index contributed by atoms with van der Waals surface area (Å²) in [7, 11) is 0. The van der Waals surface area contributed by atoms with Crippen molar-refractivity contribution in [3.63, 3.8) is 0 Å². The third kappa shape index (κ3) is 13.9. The molecule has 0 aromatic heterocycles. The zero-order valence-electron chi connectivity index (χ0n) is 26.9. The van der Waals surface area contributed by atoms with Crippen molar-refractivity contribution in [3.8, 4) is 0 Å². The highest BCUT2D eigenvalue weighted by molar-refractivity contribution is 5.87. The van der Waals surface area contributed by atoms with Crippen LogP contribution in [0.5, 0.6) is 0 Å². The van der Waals surface area contributed by atoms with E-state index in [-0.39, 0.29) is 37.2 Å². The summed E-state index contributed by atoms with van der Waals surface area (Å²) in [4.78, 5) is 36.5. The van der Waals surface area contributed by atoms with Crippen molar-refractivity contribution < 1.29 is 74.2 Å². The molecule has 0 aliphatic carbocycles. The first kappa shape index (κ1) is 41.3. The number of ether oxygens (including phenoxy) is 4. The lowest BCUT2D eigenvalue weighted by atomic mass is 9.99. The van der Waals surface area contributed by atoms with Crippen LogP contribution >= 0.6 is 0 Å². The number of unbranched alkanes of at least 4 members (excludes halogenated alkanes) is 4. The minimum atomic E-state index is -1.53. The van der Waals surface area contributed by atoms with Gasteiger partial charge in [-0.1, -0.05) is 6.42 Å². The van der Waals surface area contributed by atoms with E-state index < -0.39 is 80.7 Å². The van der Waals surface area contributed by atoms with Gasteiger partial charge in [0.2, 0.25) is 11.8 Å². The average Bonchev–Trinajstić information content (AvgIpc) is 3.05. The van der Waals surface area contributed by atoms with Crippen LogP contribution in [0.15, 0.2) is 0 Å². The molecule has 0 aromatic carbocycles. The number of hydrogen-bond donors (Lipinski definition) is 10. The summed E-state index contributed by atoms with van der Waals surface area (Å²) in [6.07, 6.45) is -8.63. The van der Waals surface area contributed by atoms with E-state index in [9.17, 15) is 55.2 Å². The molecule has 17 nitrogen and oxygen atoms in total. The van der Waals surface area contributed by atoms with Crippen LogP contribution in [-0.2, 0) is 33.3 Å².